The van der Waals surface area contributed by atoms with Crippen molar-refractivity contribution in [1.82, 2.24) is 4.98 Å². The molecule has 5 rings (SSSR count). The number of aromatic nitrogens is 1. The maximum atomic E-state index is 13.3. The molecule has 38 heavy (non-hydrogen) atoms. The van der Waals surface area contributed by atoms with E-state index in [1.54, 1.807) is 36.4 Å². The molecule has 4 aromatic rings. The van der Waals surface area contributed by atoms with Gasteiger partial charge >= 0.3 is 5.63 Å². The minimum Gasteiger partial charge on any atom is -0.507 e. The summed E-state index contributed by atoms with van der Waals surface area (Å²) in [5.41, 5.74) is 1.89. The Bertz CT molecular complexity index is 1570. The molecule has 2 N–H and O–H groups in total. The lowest BCUT2D eigenvalue weighted by Crippen LogP contribution is -2.18. The number of nitrogens with zero attached hydrogens (tertiary/aromatic N) is 1. The van der Waals surface area contributed by atoms with E-state index in [2.05, 4.69) is 9.71 Å². The lowest BCUT2D eigenvalue weighted by molar-refractivity contribution is 0.379. The zero-order valence-corrected chi connectivity index (χ0v) is 21.9. The van der Waals surface area contributed by atoms with Crippen molar-refractivity contribution in [1.29, 1.82) is 0 Å². The third-order valence-electron chi connectivity index (χ3n) is 7.02. The van der Waals surface area contributed by atoms with Crippen LogP contribution in [0, 0.1) is 5.92 Å². The van der Waals surface area contributed by atoms with Crippen LogP contribution in [0.25, 0.3) is 0 Å². The van der Waals surface area contributed by atoms with Crippen LogP contribution < -0.4 is 10.3 Å². The second-order valence-corrected chi connectivity index (χ2v) is 11.4. The second kappa shape index (κ2) is 10.8. The monoisotopic (exact) mass is 530 g/mol. The molecule has 1 aliphatic rings. The van der Waals surface area contributed by atoms with Gasteiger partial charge in [0.15, 0.2) is 5.03 Å². The number of sulfonamides is 1. The summed E-state index contributed by atoms with van der Waals surface area (Å²) in [6.07, 6.45) is 4.68. The summed E-state index contributed by atoms with van der Waals surface area (Å²) in [4.78, 5) is 17.3. The van der Waals surface area contributed by atoms with Gasteiger partial charge in [-0.25, -0.2) is 9.78 Å². The Hall–Kier alpha value is -3.91. The average molecular weight is 531 g/mol. The summed E-state index contributed by atoms with van der Waals surface area (Å²) >= 11 is 0. The number of hydrogen-bond donors (Lipinski definition) is 2. The summed E-state index contributed by atoms with van der Waals surface area (Å²) in [5, 5.41) is 11.0. The number of hydrogen-bond acceptors (Lipinski definition) is 6. The van der Waals surface area contributed by atoms with Crippen LogP contribution in [0.5, 0.6) is 5.75 Å². The molecule has 1 saturated carbocycles. The van der Waals surface area contributed by atoms with E-state index in [4.69, 9.17) is 4.42 Å². The van der Waals surface area contributed by atoms with Gasteiger partial charge in [-0.15, -0.1) is 0 Å². The molecule has 0 saturated heterocycles. The highest BCUT2D eigenvalue weighted by Gasteiger charge is 2.38. The lowest BCUT2D eigenvalue weighted by atomic mass is 9.86. The minimum absolute atomic E-state index is 0.0474. The Kier molecular flexibility index (Phi) is 7.33. The number of pyridine rings is 1. The molecule has 7 nitrogen and oxygen atoms in total. The lowest BCUT2D eigenvalue weighted by Gasteiger charge is -2.20. The van der Waals surface area contributed by atoms with Crippen LogP contribution in [0.15, 0.2) is 99.3 Å². The molecule has 1 aliphatic carbocycles. The molecule has 2 atom stereocenters. The normalized spacial score (nSPS) is 15.1. The van der Waals surface area contributed by atoms with Gasteiger partial charge in [0.1, 0.15) is 11.5 Å². The minimum atomic E-state index is -3.88. The number of rotatable bonds is 10. The standard InChI is InChI=1S/C30H30N2O5S/c1-2-21(17-20-9-4-3-5-10-20)26-19-25(33)29(30(34)37-26)28(22-14-15-22)23-11-8-12-24(18-23)32-38(35,36)27-13-6-7-16-31-27/h3-13,16,18-19,21-22,28,32-33H,2,14-15,17H2,1H3. The molecule has 0 spiro atoms. The van der Waals surface area contributed by atoms with E-state index in [1.165, 1.54) is 12.3 Å². The molecule has 1 fully saturated rings. The van der Waals surface area contributed by atoms with Crippen LogP contribution in [-0.4, -0.2) is 18.5 Å². The predicted octanol–water partition coefficient (Wildman–Crippen LogP) is 5.82. The Balaban J connectivity index is 1.46. The maximum absolute atomic E-state index is 13.3. The van der Waals surface area contributed by atoms with Gasteiger partial charge in [0.2, 0.25) is 0 Å². The van der Waals surface area contributed by atoms with Crippen LogP contribution in [-0.2, 0) is 16.4 Å². The largest absolute Gasteiger partial charge is 0.507 e. The molecular formula is C30H30N2O5S. The van der Waals surface area contributed by atoms with E-state index >= 15 is 0 Å². The van der Waals surface area contributed by atoms with Crippen molar-refractivity contribution in [2.24, 2.45) is 5.92 Å². The quantitative estimate of drug-likeness (QED) is 0.267. The zero-order chi connectivity index (χ0) is 26.7. The van der Waals surface area contributed by atoms with Gasteiger partial charge < -0.3 is 9.52 Å². The first-order chi connectivity index (χ1) is 18.4. The summed E-state index contributed by atoms with van der Waals surface area (Å²) in [7, 11) is -3.88. The van der Waals surface area contributed by atoms with Crippen molar-refractivity contribution >= 4 is 15.7 Å². The molecule has 0 amide bonds. The van der Waals surface area contributed by atoms with Crippen LogP contribution in [0.1, 0.15) is 60.5 Å². The van der Waals surface area contributed by atoms with Gasteiger partial charge in [0.25, 0.3) is 10.0 Å². The van der Waals surface area contributed by atoms with Crippen molar-refractivity contribution in [3.63, 3.8) is 0 Å². The molecule has 0 radical (unpaired) electrons. The molecule has 2 aromatic carbocycles. The van der Waals surface area contributed by atoms with Crippen LogP contribution in [0.3, 0.4) is 0 Å². The predicted molar refractivity (Wildman–Crippen MR) is 146 cm³/mol. The van der Waals surface area contributed by atoms with Gasteiger partial charge in [-0.1, -0.05) is 55.5 Å². The first kappa shape index (κ1) is 25.7. The Labute approximate surface area is 222 Å². The summed E-state index contributed by atoms with van der Waals surface area (Å²) in [6.45, 7) is 2.03. The number of benzene rings is 2. The van der Waals surface area contributed by atoms with Crippen molar-refractivity contribution < 1.29 is 17.9 Å². The summed E-state index contributed by atoms with van der Waals surface area (Å²) in [5.74, 6) is 0.0827. The molecule has 8 heteroatoms. The first-order valence-corrected chi connectivity index (χ1v) is 14.3. The van der Waals surface area contributed by atoms with Crippen LogP contribution in [0.2, 0.25) is 0 Å². The molecule has 2 heterocycles. The summed E-state index contributed by atoms with van der Waals surface area (Å²) in [6, 6.07) is 23.2. The van der Waals surface area contributed by atoms with E-state index in [0.29, 0.717) is 17.9 Å². The van der Waals surface area contributed by atoms with E-state index in [9.17, 15) is 18.3 Å². The first-order valence-electron chi connectivity index (χ1n) is 12.8. The van der Waals surface area contributed by atoms with E-state index in [-0.39, 0.29) is 28.2 Å². The fourth-order valence-electron chi connectivity index (χ4n) is 4.95. The Morgan fingerprint density at radius 1 is 1.03 bits per heavy atom. The molecule has 2 aromatic heterocycles. The Morgan fingerprint density at radius 3 is 2.45 bits per heavy atom. The molecule has 2 unspecified atom stereocenters. The summed E-state index contributed by atoms with van der Waals surface area (Å²) < 4.78 is 34.0. The number of aromatic hydroxyl groups is 1. The van der Waals surface area contributed by atoms with Gasteiger partial charge in [-0.3, -0.25) is 4.72 Å². The van der Waals surface area contributed by atoms with Gasteiger partial charge in [-0.05, 0) is 67.0 Å². The van der Waals surface area contributed by atoms with Crippen molar-refractivity contribution in [3.8, 4) is 5.75 Å². The third-order valence-corrected chi connectivity index (χ3v) is 8.32. The molecule has 196 valence electrons. The van der Waals surface area contributed by atoms with E-state index in [0.717, 1.165) is 30.4 Å². The molecule has 0 bridgehead atoms. The second-order valence-electron chi connectivity index (χ2n) is 9.74. The van der Waals surface area contributed by atoms with Crippen LogP contribution >= 0.6 is 0 Å². The van der Waals surface area contributed by atoms with Crippen molar-refractivity contribution in [2.45, 2.75) is 49.5 Å². The number of nitrogens with one attached hydrogen (secondary N) is 1. The third kappa shape index (κ3) is 5.65. The van der Waals surface area contributed by atoms with Gasteiger partial charge in [0.05, 0.1) is 5.56 Å². The fraction of sp³-hybridized carbons (Fsp3) is 0.267. The smallest absolute Gasteiger partial charge is 0.343 e. The van der Waals surface area contributed by atoms with Gasteiger partial charge in [0, 0.05) is 29.8 Å². The number of anilines is 1. The molecule has 0 aliphatic heterocycles. The highest BCUT2D eigenvalue weighted by Crippen LogP contribution is 2.48. The van der Waals surface area contributed by atoms with Gasteiger partial charge in [-0.2, -0.15) is 8.42 Å². The molecular weight excluding hydrogens is 500 g/mol. The van der Waals surface area contributed by atoms with E-state index in [1.807, 2.05) is 43.3 Å². The topological polar surface area (TPSA) is 110 Å². The SMILES string of the molecule is CCC(Cc1ccccc1)c1cc(O)c(C(c2cccc(NS(=O)(=O)c3ccccn3)c2)C2CC2)c(=O)o1. The van der Waals surface area contributed by atoms with Crippen molar-refractivity contribution in [3.05, 3.63) is 118 Å². The fourth-order valence-corrected chi connectivity index (χ4v) is 5.95. The average Bonchev–Trinajstić information content (AvgIpc) is 3.75. The van der Waals surface area contributed by atoms with Crippen molar-refractivity contribution in [2.75, 3.05) is 4.72 Å². The maximum Gasteiger partial charge on any atom is 0.343 e. The van der Waals surface area contributed by atoms with Crippen LogP contribution in [0.4, 0.5) is 5.69 Å². The van der Waals surface area contributed by atoms with E-state index < -0.39 is 21.6 Å². The highest BCUT2D eigenvalue weighted by molar-refractivity contribution is 7.92. The highest BCUT2D eigenvalue weighted by atomic mass is 32.2. The Morgan fingerprint density at radius 2 is 1.79 bits per heavy atom. The zero-order valence-electron chi connectivity index (χ0n) is 21.1.